The second-order valence-electron chi connectivity index (χ2n) is 7.25. The minimum atomic E-state index is 0.733. The fourth-order valence-corrected chi connectivity index (χ4v) is 4.43. The van der Waals surface area contributed by atoms with Gasteiger partial charge in [0.25, 0.3) is 0 Å². The predicted molar refractivity (Wildman–Crippen MR) is 87.9 cm³/mol. The SMILES string of the molecule is CN1C[C@@H]2CCCN(Cc3cnc(N4CCCC4)nc3)[C@@H]2C1. The average molecular weight is 301 g/mol. The fraction of sp³-hybridized carbons (Fsp3) is 0.765. The molecule has 0 saturated carbocycles. The van der Waals surface area contributed by atoms with Gasteiger partial charge in [0, 0.05) is 56.7 Å². The lowest BCUT2D eigenvalue weighted by atomic mass is 9.92. The van der Waals surface area contributed by atoms with Gasteiger partial charge in [0.05, 0.1) is 0 Å². The Labute approximate surface area is 133 Å². The summed E-state index contributed by atoms with van der Waals surface area (Å²) in [6.45, 7) is 6.95. The number of hydrogen-bond donors (Lipinski definition) is 0. The summed E-state index contributed by atoms with van der Waals surface area (Å²) in [5.74, 6) is 1.78. The highest BCUT2D eigenvalue weighted by Gasteiger charge is 2.37. The van der Waals surface area contributed by atoms with Gasteiger partial charge in [-0.05, 0) is 45.2 Å². The fourth-order valence-electron chi connectivity index (χ4n) is 4.43. The monoisotopic (exact) mass is 301 g/mol. The van der Waals surface area contributed by atoms with Gasteiger partial charge in [-0.25, -0.2) is 9.97 Å². The number of likely N-dealkylation sites (tertiary alicyclic amines) is 2. The molecule has 0 spiro atoms. The second kappa shape index (κ2) is 6.13. The van der Waals surface area contributed by atoms with Crippen molar-refractivity contribution in [1.82, 2.24) is 19.8 Å². The first-order valence-corrected chi connectivity index (χ1v) is 8.78. The van der Waals surface area contributed by atoms with Crippen LogP contribution in [0.1, 0.15) is 31.2 Å². The van der Waals surface area contributed by atoms with Crippen LogP contribution in [0.5, 0.6) is 0 Å². The predicted octanol–water partition coefficient (Wildman–Crippen LogP) is 1.60. The Morgan fingerprint density at radius 3 is 2.59 bits per heavy atom. The van der Waals surface area contributed by atoms with Crippen molar-refractivity contribution in [2.75, 3.05) is 44.7 Å². The van der Waals surface area contributed by atoms with E-state index in [0.29, 0.717) is 0 Å². The van der Waals surface area contributed by atoms with Crippen molar-refractivity contribution < 1.29 is 0 Å². The summed E-state index contributed by atoms with van der Waals surface area (Å²) in [7, 11) is 2.25. The van der Waals surface area contributed by atoms with Crippen LogP contribution < -0.4 is 4.90 Å². The molecule has 1 aromatic rings. The van der Waals surface area contributed by atoms with Gasteiger partial charge < -0.3 is 9.80 Å². The highest BCUT2D eigenvalue weighted by Crippen LogP contribution is 2.30. The molecule has 0 aromatic carbocycles. The zero-order valence-corrected chi connectivity index (χ0v) is 13.6. The Balaban J connectivity index is 1.42. The molecule has 4 heterocycles. The van der Waals surface area contributed by atoms with Crippen LogP contribution in [0, 0.1) is 5.92 Å². The number of nitrogens with zero attached hydrogens (tertiary/aromatic N) is 5. The summed E-state index contributed by atoms with van der Waals surface area (Å²) in [4.78, 5) is 16.7. The van der Waals surface area contributed by atoms with Crippen LogP contribution in [0.15, 0.2) is 12.4 Å². The number of piperidine rings is 1. The van der Waals surface area contributed by atoms with Crippen molar-refractivity contribution in [3.05, 3.63) is 18.0 Å². The van der Waals surface area contributed by atoms with E-state index in [1.807, 2.05) is 12.4 Å². The molecule has 0 amide bonds. The molecule has 2 atom stereocenters. The van der Waals surface area contributed by atoms with Gasteiger partial charge in [-0.1, -0.05) is 0 Å². The maximum Gasteiger partial charge on any atom is 0.225 e. The van der Waals surface area contributed by atoms with Gasteiger partial charge in [-0.2, -0.15) is 0 Å². The molecule has 5 nitrogen and oxygen atoms in total. The van der Waals surface area contributed by atoms with Crippen LogP contribution in [-0.4, -0.2) is 65.6 Å². The number of fused-ring (bicyclic) bond motifs is 1. The third kappa shape index (κ3) is 2.84. The molecular formula is C17H27N5. The first-order valence-electron chi connectivity index (χ1n) is 8.78. The maximum absolute atomic E-state index is 4.60. The van der Waals surface area contributed by atoms with E-state index >= 15 is 0 Å². The van der Waals surface area contributed by atoms with Crippen LogP contribution in [-0.2, 0) is 6.54 Å². The molecule has 0 bridgehead atoms. The summed E-state index contributed by atoms with van der Waals surface area (Å²) in [6.07, 6.45) is 9.37. The first kappa shape index (κ1) is 14.4. The third-order valence-corrected chi connectivity index (χ3v) is 5.54. The van der Waals surface area contributed by atoms with E-state index in [1.54, 1.807) is 0 Å². The molecule has 3 fully saturated rings. The highest BCUT2D eigenvalue weighted by atomic mass is 15.3. The van der Waals surface area contributed by atoms with Crippen molar-refractivity contribution in [1.29, 1.82) is 0 Å². The minimum Gasteiger partial charge on any atom is -0.341 e. The molecule has 3 aliphatic rings. The van der Waals surface area contributed by atoms with E-state index in [9.17, 15) is 0 Å². The number of anilines is 1. The Hall–Kier alpha value is -1.20. The van der Waals surface area contributed by atoms with Crippen molar-refractivity contribution >= 4 is 5.95 Å². The van der Waals surface area contributed by atoms with Crippen LogP contribution >= 0.6 is 0 Å². The van der Waals surface area contributed by atoms with E-state index in [0.717, 1.165) is 37.5 Å². The average Bonchev–Trinajstić information content (AvgIpc) is 3.17. The van der Waals surface area contributed by atoms with Gasteiger partial charge in [-0.15, -0.1) is 0 Å². The Morgan fingerprint density at radius 1 is 1.05 bits per heavy atom. The van der Waals surface area contributed by atoms with Crippen LogP contribution in [0.3, 0.4) is 0 Å². The van der Waals surface area contributed by atoms with Gasteiger partial charge in [0.2, 0.25) is 5.95 Å². The molecule has 0 N–H and O–H groups in total. The Bertz CT molecular complexity index is 496. The van der Waals surface area contributed by atoms with E-state index in [4.69, 9.17) is 0 Å². The van der Waals surface area contributed by atoms with Crippen LogP contribution in [0.4, 0.5) is 5.95 Å². The second-order valence-corrected chi connectivity index (χ2v) is 7.25. The third-order valence-electron chi connectivity index (χ3n) is 5.54. The minimum absolute atomic E-state index is 0.733. The summed E-state index contributed by atoms with van der Waals surface area (Å²) in [5.41, 5.74) is 1.26. The Morgan fingerprint density at radius 2 is 1.82 bits per heavy atom. The number of hydrogen-bond acceptors (Lipinski definition) is 5. The highest BCUT2D eigenvalue weighted by molar-refractivity contribution is 5.31. The van der Waals surface area contributed by atoms with Crippen LogP contribution in [0.25, 0.3) is 0 Å². The summed E-state index contributed by atoms with van der Waals surface area (Å²) < 4.78 is 0. The number of rotatable bonds is 3. The summed E-state index contributed by atoms with van der Waals surface area (Å²) in [5, 5.41) is 0. The molecule has 3 saturated heterocycles. The molecule has 4 rings (SSSR count). The van der Waals surface area contributed by atoms with Gasteiger partial charge >= 0.3 is 0 Å². The Kier molecular flexibility index (Phi) is 4.01. The quantitative estimate of drug-likeness (QED) is 0.847. The molecule has 1 aromatic heterocycles. The lowest BCUT2D eigenvalue weighted by molar-refractivity contribution is 0.116. The van der Waals surface area contributed by atoms with Crippen molar-refractivity contribution in [3.8, 4) is 0 Å². The molecule has 3 aliphatic heterocycles. The summed E-state index contributed by atoms with van der Waals surface area (Å²) in [6, 6.07) is 0.733. The maximum atomic E-state index is 4.60. The topological polar surface area (TPSA) is 35.5 Å². The standard InChI is InChI=1S/C17H27N5/c1-20-12-15-5-4-8-22(16(15)13-20)11-14-9-18-17(19-10-14)21-6-2-3-7-21/h9-10,15-16H,2-8,11-13H2,1H3/t15-,16+/m0/s1. The zero-order valence-electron chi connectivity index (χ0n) is 13.6. The van der Waals surface area contributed by atoms with Crippen molar-refractivity contribution in [2.45, 2.75) is 38.3 Å². The van der Waals surface area contributed by atoms with E-state index in [2.05, 4.69) is 31.7 Å². The van der Waals surface area contributed by atoms with E-state index in [1.165, 1.54) is 50.9 Å². The number of aromatic nitrogens is 2. The molecule has 22 heavy (non-hydrogen) atoms. The lowest BCUT2D eigenvalue weighted by Crippen LogP contribution is -2.44. The molecule has 5 heteroatoms. The molecule has 0 unspecified atom stereocenters. The van der Waals surface area contributed by atoms with Gasteiger partial charge in [0.15, 0.2) is 0 Å². The number of likely N-dealkylation sites (N-methyl/N-ethyl adjacent to an activating group) is 1. The lowest BCUT2D eigenvalue weighted by Gasteiger charge is -2.37. The van der Waals surface area contributed by atoms with Crippen molar-refractivity contribution in [3.63, 3.8) is 0 Å². The largest absolute Gasteiger partial charge is 0.341 e. The van der Waals surface area contributed by atoms with E-state index < -0.39 is 0 Å². The summed E-state index contributed by atoms with van der Waals surface area (Å²) >= 11 is 0. The molecule has 0 radical (unpaired) electrons. The van der Waals surface area contributed by atoms with Gasteiger partial charge in [-0.3, -0.25) is 4.90 Å². The smallest absolute Gasteiger partial charge is 0.225 e. The van der Waals surface area contributed by atoms with Gasteiger partial charge in [0.1, 0.15) is 0 Å². The molecule has 120 valence electrons. The van der Waals surface area contributed by atoms with E-state index in [-0.39, 0.29) is 0 Å². The molecular weight excluding hydrogens is 274 g/mol. The first-order chi connectivity index (χ1) is 10.8. The van der Waals surface area contributed by atoms with Crippen LogP contribution in [0.2, 0.25) is 0 Å². The normalized spacial score (nSPS) is 30.0. The molecule has 0 aliphatic carbocycles. The zero-order chi connectivity index (χ0) is 14.9. The van der Waals surface area contributed by atoms with Crippen molar-refractivity contribution in [2.24, 2.45) is 5.92 Å².